The molecule has 0 atom stereocenters. The Morgan fingerprint density at radius 3 is 1.88 bits per heavy atom. The fourth-order valence-electron chi connectivity index (χ4n) is 3.41. The quantitative estimate of drug-likeness (QED) is 0.340. The summed E-state index contributed by atoms with van der Waals surface area (Å²) < 4.78 is 0. The van der Waals surface area contributed by atoms with E-state index >= 15 is 0 Å². The molecule has 0 heterocycles. The predicted molar refractivity (Wildman–Crippen MR) is 114 cm³/mol. The van der Waals surface area contributed by atoms with Crippen LogP contribution in [0.1, 0.15) is 89.5 Å². The summed E-state index contributed by atoms with van der Waals surface area (Å²) in [5, 5.41) is 0.586. The third kappa shape index (κ3) is 8.93. The Morgan fingerprint density at radius 2 is 1.42 bits per heavy atom. The van der Waals surface area contributed by atoms with Crippen LogP contribution in [0, 0.1) is 6.92 Å². The summed E-state index contributed by atoms with van der Waals surface area (Å²) >= 11 is 6.27. The number of para-hydroxylation sites is 1. The molecule has 0 bridgehead atoms. The molecule has 2 amide bonds. The van der Waals surface area contributed by atoms with Gasteiger partial charge in [-0.25, -0.2) is 4.79 Å². The number of anilines is 1. The lowest BCUT2D eigenvalue weighted by molar-refractivity contribution is 0.253. The van der Waals surface area contributed by atoms with E-state index < -0.39 is 6.03 Å². The van der Waals surface area contributed by atoms with Crippen LogP contribution in [0.2, 0.25) is 5.02 Å². The number of hydrogen-bond donors (Lipinski definition) is 1. The normalized spacial score (nSPS) is 10.9. The molecule has 0 radical (unpaired) electrons. The first kappa shape index (κ1) is 22.8. The van der Waals surface area contributed by atoms with Crippen LogP contribution in [0.4, 0.5) is 10.5 Å². The summed E-state index contributed by atoms with van der Waals surface area (Å²) in [4.78, 5) is 13.4. The molecule has 0 saturated heterocycles. The van der Waals surface area contributed by atoms with E-state index in [1.54, 1.807) is 4.90 Å². The van der Waals surface area contributed by atoms with Crippen molar-refractivity contribution in [3.63, 3.8) is 0 Å². The molecular weight excluding hydrogens is 344 g/mol. The highest BCUT2D eigenvalue weighted by Crippen LogP contribution is 2.29. The number of nitrogens with two attached hydrogens (primary N) is 1. The van der Waals surface area contributed by atoms with Gasteiger partial charge in [-0.15, -0.1) is 0 Å². The molecule has 0 aliphatic carbocycles. The fourth-order valence-corrected chi connectivity index (χ4v) is 3.73. The number of primary amides is 1. The lowest BCUT2D eigenvalue weighted by atomic mass is 10.1. The number of halogens is 1. The van der Waals surface area contributed by atoms with Gasteiger partial charge in [-0.3, -0.25) is 4.90 Å². The summed E-state index contributed by atoms with van der Waals surface area (Å²) in [6.07, 6.45) is 15.6. The second-order valence-corrected chi connectivity index (χ2v) is 7.69. The van der Waals surface area contributed by atoms with Crippen molar-refractivity contribution in [2.45, 2.75) is 90.9 Å². The first-order chi connectivity index (χ1) is 12.6. The zero-order valence-electron chi connectivity index (χ0n) is 16.7. The van der Waals surface area contributed by atoms with Crippen LogP contribution in [0.15, 0.2) is 18.2 Å². The molecule has 0 aromatic heterocycles. The van der Waals surface area contributed by atoms with Crippen LogP contribution in [0.5, 0.6) is 0 Å². The number of aryl methyl sites for hydroxylation is 1. The van der Waals surface area contributed by atoms with E-state index in [4.69, 9.17) is 17.3 Å². The minimum absolute atomic E-state index is 0.427. The number of rotatable bonds is 14. The van der Waals surface area contributed by atoms with Gasteiger partial charge in [0.25, 0.3) is 0 Å². The number of amides is 2. The number of benzene rings is 1. The number of hydrogen-bond acceptors (Lipinski definition) is 1. The average Bonchev–Trinajstić information content (AvgIpc) is 2.60. The van der Waals surface area contributed by atoms with E-state index in [0.29, 0.717) is 11.6 Å². The third-order valence-electron chi connectivity index (χ3n) is 4.96. The van der Waals surface area contributed by atoms with E-state index in [-0.39, 0.29) is 0 Å². The number of nitrogens with zero attached hydrogens (tertiary/aromatic N) is 1. The maximum absolute atomic E-state index is 11.8. The van der Waals surface area contributed by atoms with Crippen molar-refractivity contribution in [2.24, 2.45) is 5.73 Å². The van der Waals surface area contributed by atoms with E-state index in [2.05, 4.69) is 6.92 Å². The van der Waals surface area contributed by atoms with Gasteiger partial charge in [0.1, 0.15) is 0 Å². The van der Waals surface area contributed by atoms with Gasteiger partial charge in [-0.05, 0) is 25.0 Å². The summed E-state index contributed by atoms with van der Waals surface area (Å²) in [5.74, 6) is 0. The summed E-state index contributed by atoms with van der Waals surface area (Å²) in [5.41, 5.74) is 7.31. The summed E-state index contributed by atoms with van der Waals surface area (Å²) in [6.45, 7) is 4.86. The molecule has 3 nitrogen and oxygen atoms in total. The third-order valence-corrected chi connectivity index (χ3v) is 5.26. The highest BCUT2D eigenvalue weighted by molar-refractivity contribution is 6.34. The molecule has 2 N–H and O–H groups in total. The van der Waals surface area contributed by atoms with Gasteiger partial charge < -0.3 is 5.73 Å². The summed E-state index contributed by atoms with van der Waals surface area (Å²) in [7, 11) is 0. The monoisotopic (exact) mass is 380 g/mol. The Morgan fingerprint density at radius 1 is 0.923 bits per heavy atom. The molecule has 0 saturated carbocycles. The van der Waals surface area contributed by atoms with Crippen molar-refractivity contribution >= 4 is 23.3 Å². The molecular formula is C22H37ClN2O. The Hall–Kier alpha value is -1.22. The molecule has 148 valence electrons. The van der Waals surface area contributed by atoms with Gasteiger partial charge in [-0.2, -0.15) is 0 Å². The van der Waals surface area contributed by atoms with Crippen LogP contribution < -0.4 is 10.6 Å². The molecule has 0 aliphatic heterocycles. The van der Waals surface area contributed by atoms with Gasteiger partial charge in [0.2, 0.25) is 0 Å². The number of urea groups is 1. The second-order valence-electron chi connectivity index (χ2n) is 7.28. The average molecular weight is 381 g/mol. The number of carbonyl (C=O) groups is 1. The Labute approximate surface area is 165 Å². The van der Waals surface area contributed by atoms with Crippen molar-refractivity contribution in [3.8, 4) is 0 Å². The summed E-state index contributed by atoms with van der Waals surface area (Å²) in [6, 6.07) is 5.23. The maximum Gasteiger partial charge on any atom is 0.319 e. The van der Waals surface area contributed by atoms with Gasteiger partial charge in [-0.1, -0.05) is 101 Å². The highest BCUT2D eigenvalue weighted by atomic mass is 35.5. The standard InChI is InChI=1S/C22H37ClN2O/c1-3-4-5-6-7-8-9-10-11-12-13-14-18-25(22(24)26)21-19(2)16-15-17-20(21)23/h15-17H,3-14,18H2,1-2H3,(H2,24,26). The van der Waals surface area contributed by atoms with Crippen LogP contribution in [-0.2, 0) is 0 Å². The molecule has 0 fully saturated rings. The molecule has 0 unspecified atom stereocenters. The van der Waals surface area contributed by atoms with Crippen molar-refractivity contribution in [1.29, 1.82) is 0 Å². The largest absolute Gasteiger partial charge is 0.351 e. The zero-order chi connectivity index (χ0) is 19.2. The Bertz CT molecular complexity index is 499. The Kier molecular flexibility index (Phi) is 12.2. The van der Waals surface area contributed by atoms with Crippen molar-refractivity contribution in [2.75, 3.05) is 11.4 Å². The predicted octanol–water partition coefficient (Wildman–Crippen LogP) is 7.23. The zero-order valence-corrected chi connectivity index (χ0v) is 17.5. The molecule has 1 rings (SSSR count). The molecule has 0 aliphatic rings. The first-order valence-electron chi connectivity index (χ1n) is 10.4. The Balaban J connectivity index is 2.16. The SMILES string of the molecule is CCCCCCCCCCCCCCN(C(N)=O)c1c(C)cccc1Cl. The minimum Gasteiger partial charge on any atom is -0.351 e. The van der Waals surface area contributed by atoms with Crippen LogP contribution in [-0.4, -0.2) is 12.6 Å². The van der Waals surface area contributed by atoms with Gasteiger partial charge in [0, 0.05) is 6.54 Å². The topological polar surface area (TPSA) is 46.3 Å². The van der Waals surface area contributed by atoms with Gasteiger partial charge in [0.15, 0.2) is 0 Å². The molecule has 4 heteroatoms. The molecule has 1 aromatic rings. The number of carbonyl (C=O) groups excluding carboxylic acids is 1. The molecule has 0 spiro atoms. The van der Waals surface area contributed by atoms with Crippen molar-refractivity contribution in [1.82, 2.24) is 0 Å². The number of unbranched alkanes of at least 4 members (excludes halogenated alkanes) is 11. The van der Waals surface area contributed by atoms with Crippen LogP contribution in [0.25, 0.3) is 0 Å². The lowest BCUT2D eigenvalue weighted by Gasteiger charge is -2.23. The van der Waals surface area contributed by atoms with E-state index in [9.17, 15) is 4.79 Å². The molecule has 1 aromatic carbocycles. The first-order valence-corrected chi connectivity index (χ1v) is 10.8. The highest BCUT2D eigenvalue weighted by Gasteiger charge is 2.17. The molecule has 26 heavy (non-hydrogen) atoms. The maximum atomic E-state index is 11.8. The van der Waals surface area contributed by atoms with E-state index in [0.717, 1.165) is 24.1 Å². The van der Waals surface area contributed by atoms with Crippen molar-refractivity contribution < 1.29 is 4.79 Å². The van der Waals surface area contributed by atoms with Crippen LogP contribution >= 0.6 is 11.6 Å². The van der Waals surface area contributed by atoms with Crippen LogP contribution in [0.3, 0.4) is 0 Å². The van der Waals surface area contributed by atoms with Gasteiger partial charge >= 0.3 is 6.03 Å². The van der Waals surface area contributed by atoms with E-state index in [1.165, 1.54) is 64.2 Å². The minimum atomic E-state index is -0.427. The van der Waals surface area contributed by atoms with Gasteiger partial charge in [0.05, 0.1) is 10.7 Å². The second kappa shape index (κ2) is 13.9. The lowest BCUT2D eigenvalue weighted by Crippen LogP contribution is -2.37. The fraction of sp³-hybridized carbons (Fsp3) is 0.682. The van der Waals surface area contributed by atoms with Crippen molar-refractivity contribution in [3.05, 3.63) is 28.8 Å². The smallest absolute Gasteiger partial charge is 0.319 e. The van der Waals surface area contributed by atoms with E-state index in [1.807, 2.05) is 25.1 Å².